The summed E-state index contributed by atoms with van der Waals surface area (Å²) >= 11 is 1.14. The van der Waals surface area contributed by atoms with E-state index in [1.165, 1.54) is 12.4 Å². The lowest BCUT2D eigenvalue weighted by molar-refractivity contribution is 0.0520. The lowest BCUT2D eigenvalue weighted by Crippen LogP contribution is -2.25. The van der Waals surface area contributed by atoms with E-state index in [-0.39, 0.29) is 23.6 Å². The first kappa shape index (κ1) is 19.5. The number of ether oxygens (including phenoxy) is 1. The quantitative estimate of drug-likeness (QED) is 0.497. The third-order valence-electron chi connectivity index (χ3n) is 4.29. The predicted molar refractivity (Wildman–Crippen MR) is 113 cm³/mol. The molecule has 0 saturated heterocycles. The van der Waals surface area contributed by atoms with Gasteiger partial charge in [-0.25, -0.2) is 4.79 Å². The number of nitrogens with one attached hydrogen (secondary N) is 1. The van der Waals surface area contributed by atoms with Crippen molar-refractivity contribution in [1.29, 1.82) is 0 Å². The lowest BCUT2D eigenvalue weighted by Gasteiger charge is -2.10. The molecule has 0 bridgehead atoms. The average Bonchev–Trinajstić information content (AvgIpc) is 3.19. The Morgan fingerprint density at radius 2 is 1.87 bits per heavy atom. The number of amides is 1. The van der Waals surface area contributed by atoms with Crippen molar-refractivity contribution in [3.8, 4) is 5.69 Å². The Morgan fingerprint density at radius 3 is 2.57 bits per heavy atom. The Bertz CT molecular complexity index is 1280. The number of pyridine rings is 1. The summed E-state index contributed by atoms with van der Waals surface area (Å²) in [7, 11) is 0. The molecule has 4 rings (SSSR count). The van der Waals surface area contributed by atoms with Gasteiger partial charge in [0.15, 0.2) is 5.69 Å². The van der Waals surface area contributed by atoms with Crippen LogP contribution in [-0.4, -0.2) is 33.2 Å². The molecule has 0 aliphatic heterocycles. The zero-order valence-electron chi connectivity index (χ0n) is 15.9. The second kappa shape index (κ2) is 8.26. The molecule has 0 aliphatic carbocycles. The molecule has 0 aliphatic rings. The number of carbonyl (C=O) groups excluding carboxylic acids is 2. The number of fused-ring (bicyclic) bond motifs is 1. The van der Waals surface area contributed by atoms with Crippen LogP contribution >= 0.6 is 11.3 Å². The standard InChI is InChI=1S/C21H16N4O4S/c1-2-29-21(28)17-15-12-30-19(23-18(26)13-8-10-22-11-9-13)16(15)20(27)25(24-17)14-6-4-3-5-7-14/h3-12H,2H2,1H3,(H,23,26). The Labute approximate surface area is 174 Å². The van der Waals surface area contributed by atoms with E-state index >= 15 is 0 Å². The van der Waals surface area contributed by atoms with E-state index in [2.05, 4.69) is 15.4 Å². The van der Waals surface area contributed by atoms with Crippen molar-refractivity contribution in [2.45, 2.75) is 6.92 Å². The minimum atomic E-state index is -0.642. The number of para-hydroxylation sites is 1. The Balaban J connectivity index is 1.89. The van der Waals surface area contributed by atoms with Gasteiger partial charge in [-0.05, 0) is 31.2 Å². The van der Waals surface area contributed by atoms with Crippen LogP contribution in [0.25, 0.3) is 16.5 Å². The summed E-state index contributed by atoms with van der Waals surface area (Å²) in [5.41, 5.74) is 0.452. The highest BCUT2D eigenvalue weighted by Gasteiger charge is 2.23. The maximum atomic E-state index is 13.3. The maximum Gasteiger partial charge on any atom is 0.359 e. The largest absolute Gasteiger partial charge is 0.461 e. The molecular formula is C21H16N4O4S. The summed E-state index contributed by atoms with van der Waals surface area (Å²) in [4.78, 5) is 42.3. The van der Waals surface area contributed by atoms with E-state index in [0.29, 0.717) is 21.6 Å². The Kier molecular flexibility index (Phi) is 5.36. The lowest BCUT2D eigenvalue weighted by atomic mass is 10.2. The molecule has 4 aromatic rings. The summed E-state index contributed by atoms with van der Waals surface area (Å²) in [5.74, 6) is -1.03. The molecule has 1 amide bonds. The van der Waals surface area contributed by atoms with Crippen molar-refractivity contribution < 1.29 is 14.3 Å². The molecule has 3 heterocycles. The van der Waals surface area contributed by atoms with Gasteiger partial charge in [-0.3, -0.25) is 14.6 Å². The van der Waals surface area contributed by atoms with E-state index in [1.54, 1.807) is 48.7 Å². The Morgan fingerprint density at radius 1 is 1.13 bits per heavy atom. The van der Waals surface area contributed by atoms with Gasteiger partial charge < -0.3 is 10.1 Å². The van der Waals surface area contributed by atoms with Crippen LogP contribution in [0.4, 0.5) is 5.00 Å². The molecule has 9 heteroatoms. The molecular weight excluding hydrogens is 404 g/mol. The number of hydrogen-bond donors (Lipinski definition) is 1. The SMILES string of the molecule is CCOC(=O)c1nn(-c2ccccc2)c(=O)c2c(NC(=O)c3ccncc3)scc12. The van der Waals surface area contributed by atoms with Crippen LogP contribution in [0, 0.1) is 0 Å². The summed E-state index contributed by atoms with van der Waals surface area (Å²) in [6, 6.07) is 11.9. The second-order valence-corrected chi connectivity index (χ2v) is 7.04. The molecule has 0 saturated carbocycles. The molecule has 0 spiro atoms. The average molecular weight is 420 g/mol. The van der Waals surface area contributed by atoms with Crippen molar-refractivity contribution >= 4 is 39.0 Å². The van der Waals surface area contributed by atoms with Crippen molar-refractivity contribution in [1.82, 2.24) is 14.8 Å². The monoisotopic (exact) mass is 420 g/mol. The number of aromatic nitrogens is 3. The van der Waals surface area contributed by atoms with E-state index in [9.17, 15) is 14.4 Å². The summed E-state index contributed by atoms with van der Waals surface area (Å²) in [6.45, 7) is 1.86. The van der Waals surface area contributed by atoms with Gasteiger partial charge in [-0.15, -0.1) is 11.3 Å². The van der Waals surface area contributed by atoms with Gasteiger partial charge in [0.25, 0.3) is 11.5 Å². The highest BCUT2D eigenvalue weighted by atomic mass is 32.1. The zero-order chi connectivity index (χ0) is 21.1. The van der Waals surface area contributed by atoms with Gasteiger partial charge >= 0.3 is 5.97 Å². The number of hydrogen-bond acceptors (Lipinski definition) is 7. The third kappa shape index (κ3) is 3.58. The summed E-state index contributed by atoms with van der Waals surface area (Å²) in [6.07, 6.45) is 3.01. The highest BCUT2D eigenvalue weighted by Crippen LogP contribution is 2.31. The van der Waals surface area contributed by atoms with Crippen LogP contribution in [0.3, 0.4) is 0 Å². The topological polar surface area (TPSA) is 103 Å². The van der Waals surface area contributed by atoms with Gasteiger partial charge in [0.2, 0.25) is 0 Å². The molecule has 8 nitrogen and oxygen atoms in total. The number of carbonyl (C=O) groups is 2. The van der Waals surface area contributed by atoms with Gasteiger partial charge in [0.05, 0.1) is 17.7 Å². The normalized spacial score (nSPS) is 10.7. The molecule has 30 heavy (non-hydrogen) atoms. The molecule has 0 fully saturated rings. The van der Waals surface area contributed by atoms with Crippen LogP contribution < -0.4 is 10.9 Å². The predicted octanol–water partition coefficient (Wildman–Crippen LogP) is 3.27. The molecule has 0 atom stereocenters. The number of esters is 1. The van der Waals surface area contributed by atoms with Crippen LogP contribution in [-0.2, 0) is 4.74 Å². The molecule has 1 N–H and O–H groups in total. The van der Waals surface area contributed by atoms with Crippen molar-refractivity contribution in [3.63, 3.8) is 0 Å². The summed E-state index contributed by atoms with van der Waals surface area (Å²) < 4.78 is 6.26. The molecule has 150 valence electrons. The Hall–Kier alpha value is -3.85. The first-order chi connectivity index (χ1) is 14.6. The molecule has 0 radical (unpaired) electrons. The van der Waals surface area contributed by atoms with E-state index < -0.39 is 11.5 Å². The van der Waals surface area contributed by atoms with Gasteiger partial charge in [0.1, 0.15) is 5.00 Å². The fourth-order valence-corrected chi connectivity index (χ4v) is 3.85. The first-order valence-corrected chi connectivity index (χ1v) is 9.96. The van der Waals surface area contributed by atoms with Gasteiger partial charge in [0, 0.05) is 28.7 Å². The van der Waals surface area contributed by atoms with Crippen molar-refractivity contribution in [2.75, 3.05) is 11.9 Å². The third-order valence-corrected chi connectivity index (χ3v) is 5.19. The van der Waals surface area contributed by atoms with Crippen LogP contribution in [0.1, 0.15) is 27.8 Å². The molecule has 1 aromatic carbocycles. The highest BCUT2D eigenvalue weighted by molar-refractivity contribution is 7.16. The number of anilines is 1. The zero-order valence-corrected chi connectivity index (χ0v) is 16.7. The fourth-order valence-electron chi connectivity index (χ4n) is 2.91. The summed E-state index contributed by atoms with van der Waals surface area (Å²) in [5, 5.41) is 9.49. The van der Waals surface area contributed by atoms with Gasteiger partial charge in [-0.2, -0.15) is 9.78 Å². The minimum absolute atomic E-state index is 0.0102. The minimum Gasteiger partial charge on any atom is -0.461 e. The first-order valence-electron chi connectivity index (χ1n) is 9.08. The van der Waals surface area contributed by atoms with Crippen LogP contribution in [0.2, 0.25) is 0 Å². The second-order valence-electron chi connectivity index (χ2n) is 6.17. The smallest absolute Gasteiger partial charge is 0.359 e. The maximum absolute atomic E-state index is 13.3. The molecule has 3 aromatic heterocycles. The van der Waals surface area contributed by atoms with E-state index in [4.69, 9.17) is 4.74 Å². The van der Waals surface area contributed by atoms with Gasteiger partial charge in [-0.1, -0.05) is 18.2 Å². The number of nitrogens with zero attached hydrogens (tertiary/aromatic N) is 3. The van der Waals surface area contributed by atoms with E-state index in [0.717, 1.165) is 16.0 Å². The van der Waals surface area contributed by atoms with Crippen molar-refractivity contribution in [3.05, 3.63) is 81.8 Å². The van der Waals surface area contributed by atoms with Crippen LogP contribution in [0.5, 0.6) is 0 Å². The van der Waals surface area contributed by atoms with Crippen LogP contribution in [0.15, 0.2) is 65.0 Å². The van der Waals surface area contributed by atoms with Crippen molar-refractivity contribution in [2.24, 2.45) is 0 Å². The number of rotatable bonds is 5. The van der Waals surface area contributed by atoms with E-state index in [1.807, 2.05) is 6.07 Å². The number of thiophene rings is 1. The fraction of sp³-hybridized carbons (Fsp3) is 0.0952. The molecule has 0 unspecified atom stereocenters. The number of benzene rings is 1.